The number of carbonyl (C=O) groups is 2. The average molecular weight is 511 g/mol. The van der Waals surface area contributed by atoms with Crippen LogP contribution in [0.4, 0.5) is 5.69 Å². The summed E-state index contributed by atoms with van der Waals surface area (Å²) in [5, 5.41) is 3.49. The SMILES string of the molecule is Cc1ccc(C)c(CN2C(=O)[C@H]([C@@H](C)C(=O)NCCCSC3CCCCC3)Sc3ccccc32)c1. The molecule has 0 bridgehead atoms. The minimum atomic E-state index is -0.424. The molecule has 0 radical (unpaired) electrons. The summed E-state index contributed by atoms with van der Waals surface area (Å²) in [7, 11) is 0. The zero-order chi connectivity index (χ0) is 24.8. The van der Waals surface area contributed by atoms with E-state index >= 15 is 0 Å². The minimum absolute atomic E-state index is 0.0186. The standard InChI is InChI=1S/C29H38N2O2S2/c1-20-14-15-21(2)23(18-20)19-31-25-12-7-8-13-26(25)35-27(29(31)33)22(3)28(32)30-16-9-17-34-24-10-5-4-6-11-24/h7-8,12-15,18,22,24,27H,4-6,9-11,16-17,19H2,1-3H3,(H,30,32)/t22-,27+/m1/s1. The fourth-order valence-corrected chi connectivity index (χ4v) is 7.52. The second-order valence-corrected chi connectivity index (χ2v) is 12.5. The molecular formula is C29H38N2O2S2. The van der Waals surface area contributed by atoms with E-state index in [1.165, 1.54) is 55.0 Å². The summed E-state index contributed by atoms with van der Waals surface area (Å²) in [4.78, 5) is 29.7. The van der Waals surface area contributed by atoms with E-state index in [0.29, 0.717) is 13.1 Å². The number of aryl methyl sites for hydroxylation is 2. The van der Waals surface area contributed by atoms with Gasteiger partial charge < -0.3 is 10.2 Å². The maximum atomic E-state index is 13.7. The highest BCUT2D eigenvalue weighted by Gasteiger charge is 2.39. The van der Waals surface area contributed by atoms with Gasteiger partial charge in [0, 0.05) is 16.7 Å². The molecule has 0 aromatic heterocycles. The van der Waals surface area contributed by atoms with Crippen LogP contribution in [-0.4, -0.2) is 34.6 Å². The van der Waals surface area contributed by atoms with Crippen LogP contribution in [0.2, 0.25) is 0 Å². The van der Waals surface area contributed by atoms with E-state index in [9.17, 15) is 9.59 Å². The third-order valence-electron chi connectivity index (χ3n) is 7.15. The molecule has 2 aliphatic rings. The van der Waals surface area contributed by atoms with Gasteiger partial charge in [0.15, 0.2) is 0 Å². The molecule has 1 aliphatic carbocycles. The van der Waals surface area contributed by atoms with Crippen molar-refractivity contribution >= 4 is 41.0 Å². The van der Waals surface area contributed by atoms with Crippen LogP contribution in [-0.2, 0) is 16.1 Å². The van der Waals surface area contributed by atoms with Gasteiger partial charge in [-0.3, -0.25) is 9.59 Å². The molecular weight excluding hydrogens is 472 g/mol. The second kappa shape index (κ2) is 12.4. The molecule has 6 heteroatoms. The topological polar surface area (TPSA) is 49.4 Å². The molecule has 1 aliphatic heterocycles. The Balaban J connectivity index is 1.38. The summed E-state index contributed by atoms with van der Waals surface area (Å²) < 4.78 is 0. The van der Waals surface area contributed by atoms with Crippen molar-refractivity contribution in [2.24, 2.45) is 5.92 Å². The molecule has 0 saturated heterocycles. The van der Waals surface area contributed by atoms with Crippen molar-refractivity contribution in [2.45, 2.75) is 81.2 Å². The van der Waals surface area contributed by atoms with E-state index in [0.717, 1.165) is 33.6 Å². The van der Waals surface area contributed by atoms with Crippen LogP contribution in [0.25, 0.3) is 0 Å². The molecule has 2 aromatic rings. The molecule has 0 unspecified atom stereocenters. The Bertz CT molecular complexity index is 1040. The maximum Gasteiger partial charge on any atom is 0.241 e. The lowest BCUT2D eigenvalue weighted by molar-refractivity contribution is -0.128. The Morgan fingerprint density at radius 2 is 1.91 bits per heavy atom. The number of rotatable bonds is 9. The Morgan fingerprint density at radius 1 is 1.14 bits per heavy atom. The van der Waals surface area contributed by atoms with E-state index in [2.05, 4.69) is 55.2 Å². The number of fused-ring (bicyclic) bond motifs is 1. The van der Waals surface area contributed by atoms with Gasteiger partial charge in [-0.05, 0) is 62.1 Å². The average Bonchev–Trinajstić information content (AvgIpc) is 2.87. The number of para-hydroxylation sites is 1. The van der Waals surface area contributed by atoms with E-state index in [4.69, 9.17) is 0 Å². The van der Waals surface area contributed by atoms with Crippen molar-refractivity contribution in [1.29, 1.82) is 0 Å². The predicted octanol–water partition coefficient (Wildman–Crippen LogP) is 6.52. The molecule has 1 fully saturated rings. The van der Waals surface area contributed by atoms with Crippen LogP contribution in [0.3, 0.4) is 0 Å². The first kappa shape index (κ1) is 26.2. The number of hydrogen-bond acceptors (Lipinski definition) is 4. The van der Waals surface area contributed by atoms with Crippen molar-refractivity contribution in [1.82, 2.24) is 5.32 Å². The van der Waals surface area contributed by atoms with Gasteiger partial charge in [0.05, 0.1) is 18.2 Å². The fraction of sp³-hybridized carbons (Fsp3) is 0.517. The van der Waals surface area contributed by atoms with Gasteiger partial charge in [-0.2, -0.15) is 11.8 Å². The van der Waals surface area contributed by atoms with E-state index in [1.54, 1.807) is 0 Å². The van der Waals surface area contributed by atoms with Crippen molar-refractivity contribution < 1.29 is 9.59 Å². The number of nitrogens with zero attached hydrogens (tertiary/aromatic N) is 1. The lowest BCUT2D eigenvalue weighted by Crippen LogP contribution is -2.47. The molecule has 1 saturated carbocycles. The third-order valence-corrected chi connectivity index (χ3v) is 10.1. The van der Waals surface area contributed by atoms with Gasteiger partial charge in [0.1, 0.15) is 5.25 Å². The third kappa shape index (κ3) is 6.65. The van der Waals surface area contributed by atoms with Crippen molar-refractivity contribution in [3.05, 3.63) is 59.2 Å². The number of hydrogen-bond donors (Lipinski definition) is 1. The van der Waals surface area contributed by atoms with Crippen LogP contribution < -0.4 is 10.2 Å². The van der Waals surface area contributed by atoms with Crippen LogP contribution >= 0.6 is 23.5 Å². The Hall–Kier alpha value is -1.92. The van der Waals surface area contributed by atoms with Gasteiger partial charge >= 0.3 is 0 Å². The molecule has 2 atom stereocenters. The number of anilines is 1. The normalized spacial score (nSPS) is 19.3. The smallest absolute Gasteiger partial charge is 0.241 e. The summed E-state index contributed by atoms with van der Waals surface area (Å²) in [5.74, 6) is 0.690. The van der Waals surface area contributed by atoms with Crippen LogP contribution in [0, 0.1) is 19.8 Å². The lowest BCUT2D eigenvalue weighted by atomic mass is 10.0. The molecule has 2 aromatic carbocycles. The summed E-state index contributed by atoms with van der Waals surface area (Å²) >= 11 is 3.59. The Kier molecular flexibility index (Phi) is 9.23. The molecule has 4 rings (SSSR count). The van der Waals surface area contributed by atoms with Gasteiger partial charge in [-0.1, -0.05) is 62.1 Å². The first-order valence-corrected chi connectivity index (χ1v) is 14.9. The zero-order valence-corrected chi connectivity index (χ0v) is 22.9. The second-order valence-electron chi connectivity index (χ2n) is 9.92. The molecule has 4 nitrogen and oxygen atoms in total. The highest BCUT2D eigenvalue weighted by atomic mass is 32.2. The lowest BCUT2D eigenvalue weighted by Gasteiger charge is -2.36. The van der Waals surface area contributed by atoms with Gasteiger partial charge in [0.2, 0.25) is 11.8 Å². The van der Waals surface area contributed by atoms with Crippen LogP contribution in [0.1, 0.15) is 62.1 Å². The van der Waals surface area contributed by atoms with E-state index in [1.807, 2.05) is 30.0 Å². The first-order chi connectivity index (χ1) is 16.9. The quantitative estimate of drug-likeness (QED) is 0.390. The summed E-state index contributed by atoms with van der Waals surface area (Å²) in [6.07, 6.45) is 7.78. The van der Waals surface area contributed by atoms with Gasteiger partial charge in [-0.15, -0.1) is 11.8 Å². The van der Waals surface area contributed by atoms with Crippen LogP contribution in [0.15, 0.2) is 47.4 Å². The highest BCUT2D eigenvalue weighted by molar-refractivity contribution is 8.01. The highest BCUT2D eigenvalue weighted by Crippen LogP contribution is 2.42. The first-order valence-electron chi connectivity index (χ1n) is 13.0. The van der Waals surface area contributed by atoms with Crippen molar-refractivity contribution in [3.8, 4) is 0 Å². The Morgan fingerprint density at radius 3 is 2.71 bits per heavy atom. The number of carbonyl (C=O) groups excluding carboxylic acids is 2. The summed E-state index contributed by atoms with van der Waals surface area (Å²) in [6, 6.07) is 14.4. The van der Waals surface area contributed by atoms with Crippen LogP contribution in [0.5, 0.6) is 0 Å². The van der Waals surface area contributed by atoms with Crippen molar-refractivity contribution in [3.63, 3.8) is 0 Å². The van der Waals surface area contributed by atoms with Gasteiger partial charge in [0.25, 0.3) is 0 Å². The number of benzene rings is 2. The van der Waals surface area contributed by atoms with E-state index < -0.39 is 11.2 Å². The number of amides is 2. The van der Waals surface area contributed by atoms with Crippen molar-refractivity contribution in [2.75, 3.05) is 17.2 Å². The monoisotopic (exact) mass is 510 g/mol. The minimum Gasteiger partial charge on any atom is -0.356 e. The van der Waals surface area contributed by atoms with Gasteiger partial charge in [-0.25, -0.2) is 0 Å². The summed E-state index contributed by atoms with van der Waals surface area (Å²) in [6.45, 7) is 7.26. The Labute approximate surface area is 219 Å². The number of thioether (sulfide) groups is 2. The van der Waals surface area contributed by atoms with E-state index in [-0.39, 0.29) is 11.8 Å². The zero-order valence-electron chi connectivity index (χ0n) is 21.2. The molecule has 0 spiro atoms. The fourth-order valence-electron chi connectivity index (χ4n) is 4.92. The molecule has 2 amide bonds. The summed E-state index contributed by atoms with van der Waals surface area (Å²) in [5.41, 5.74) is 4.44. The molecule has 1 heterocycles. The number of nitrogens with one attached hydrogen (secondary N) is 1. The molecule has 35 heavy (non-hydrogen) atoms. The largest absolute Gasteiger partial charge is 0.356 e. The molecule has 1 N–H and O–H groups in total. The predicted molar refractivity (Wildman–Crippen MR) is 149 cm³/mol. The maximum absolute atomic E-state index is 13.7. The molecule has 188 valence electrons.